The molecule has 0 unspecified atom stereocenters. The van der Waals surface area contributed by atoms with E-state index in [9.17, 15) is 14.9 Å². The van der Waals surface area contributed by atoms with E-state index < -0.39 is 4.92 Å². The van der Waals surface area contributed by atoms with E-state index in [1.165, 1.54) is 19.1 Å². The number of hydrogen-bond acceptors (Lipinski definition) is 27. The van der Waals surface area contributed by atoms with Gasteiger partial charge >= 0.3 is 68.3 Å². The monoisotopic (exact) mass is 2410 g/mol. The van der Waals surface area contributed by atoms with Gasteiger partial charge in [0, 0.05) is 216 Å². The zero-order valence-electron chi connectivity index (χ0n) is 81.2. The molecule has 0 aliphatic carbocycles. The molecule has 0 atom stereocenters. The number of halogens is 2. The number of hydrogen-bond donors (Lipinski definition) is 0. The number of carbonyl (C=O) groups is 1. The number of benzene rings is 8. The van der Waals surface area contributed by atoms with Crippen LogP contribution in [-0.2, 0) is 169 Å². The molecule has 0 N–H and O–H groups in total. The normalized spacial score (nSPS) is 12.8. The molecule has 0 aromatic heterocycles. The molecular formula is C98H119BrCu4IN25O3S8. The molecule has 8 aromatic rings. The van der Waals surface area contributed by atoms with Gasteiger partial charge in [0.05, 0.1) is 4.92 Å². The number of nitro benzene ring substituents is 1. The summed E-state index contributed by atoms with van der Waals surface area (Å²) in [6, 6.07) is 67.7. The Morgan fingerprint density at radius 3 is 0.550 bits per heavy atom. The maximum atomic E-state index is 11.8. The van der Waals surface area contributed by atoms with E-state index >= 15 is 0 Å². The van der Waals surface area contributed by atoms with Crippen molar-refractivity contribution in [2.45, 2.75) is 118 Å². The minimum absolute atomic E-state index is 0. The van der Waals surface area contributed by atoms with Crippen molar-refractivity contribution < 1.29 is 78.0 Å². The summed E-state index contributed by atoms with van der Waals surface area (Å²) in [6.07, 6.45) is 0. The number of nitro groups is 1. The Bertz CT molecular complexity index is 5230. The number of Topliss-reactive ketones (excluding diaryl/α,β-unsaturated/α-hetero) is 1. The van der Waals surface area contributed by atoms with Crippen LogP contribution in [0.2, 0.25) is 0 Å². The van der Waals surface area contributed by atoms with E-state index in [4.69, 9.17) is 101 Å². The van der Waals surface area contributed by atoms with Crippen LogP contribution in [0.5, 0.6) is 0 Å². The summed E-state index contributed by atoms with van der Waals surface area (Å²) in [5.41, 5.74) is 10.9. The summed E-state index contributed by atoms with van der Waals surface area (Å²) >= 11 is 49.6. The molecule has 0 amide bonds. The van der Waals surface area contributed by atoms with Crippen molar-refractivity contribution >= 4 is 238 Å². The van der Waals surface area contributed by atoms with Crippen LogP contribution in [-0.4, -0.2) is 242 Å². The van der Waals surface area contributed by atoms with Crippen molar-refractivity contribution in [3.05, 3.63) is 287 Å². The number of non-ortho nitro benzene ring substituents is 1. The summed E-state index contributed by atoms with van der Waals surface area (Å²) < 4.78 is 2.09. The predicted octanol–water partition coefficient (Wildman–Crippen LogP) is 18.6. The van der Waals surface area contributed by atoms with E-state index in [1.54, 1.807) is 24.3 Å². The SMILES string of the molecule is CCN(CC)C([S-])=NN=C(C(=NN=C([S-])N(CC)CC)c1ccc(Br)cc1)c1ccccc1.CCN(CC)C([S-])=NN=C(C(=NN=C([S-])N(CC)CC)c1ccc(C(C)=O)cc1)c1ccccc1.CCN(CC)C([S-])=NN=C(C(=NN=C([S-])N(CC)CC)c1ccc(I)cc1)c1ccccc1.CCN(CC)C([S-])=NN=C(C(=NN=C([S-])N(CC)CC)c1ccc([N+](=O)[O-])cc1)c1ccccc1.[Cu+2].[Cu+2].[Cu+2].[Cu+2]. The molecule has 8 rings (SSSR count). The van der Waals surface area contributed by atoms with Crippen molar-refractivity contribution in [1.29, 1.82) is 0 Å². The third-order valence-electron chi connectivity index (χ3n) is 20.4. The van der Waals surface area contributed by atoms with Crippen LogP contribution in [0.3, 0.4) is 0 Å². The van der Waals surface area contributed by atoms with Gasteiger partial charge in [0.15, 0.2) is 5.78 Å². The smallest absolute Gasteiger partial charge is 0.741 e. The molecule has 0 heterocycles. The molecule has 4 radical (unpaired) electrons. The molecule has 0 fully saturated rings. The molecule has 42 heteroatoms. The van der Waals surface area contributed by atoms with Crippen LogP contribution in [0.15, 0.2) is 304 Å². The van der Waals surface area contributed by atoms with E-state index in [-0.39, 0.29) is 79.7 Å². The summed E-state index contributed by atoms with van der Waals surface area (Å²) in [7, 11) is 0. The number of rotatable bonds is 38. The second-order valence-electron chi connectivity index (χ2n) is 28.4. The van der Waals surface area contributed by atoms with E-state index in [0.717, 1.165) is 126 Å². The Morgan fingerprint density at radius 1 is 0.250 bits per heavy atom. The number of nitrogens with zero attached hydrogens (tertiary/aromatic N) is 25. The standard InChI is InChI=1S/C26H34N6OS2.C24H31BrN6S2.C24H31IN6S2.C24H31N7O2S2.4Cu/c1-6-31(7-2)25(34)29-27-23(21-13-11-10-12-14-21)24(28-30-26(35)32(8-3)9-4)22-17-15-20(16-18-22)19(5)33;2*1-5-30(6-2)23(32)28-26-21(18-12-10-9-11-13-18)22(19-14-16-20(25)17-15-19)27-29-24(33)31(7-3)8-4;1-5-29(6-2)23(34)27-25-21(18-12-10-9-11-13-18)22(26-28-24(35)30(7-3)8-4)19-14-16-20(17-15-19)31(32)33;;;;/h10-18H,6-9H2,1-5H3,(H,29,34)(H,30,35);2*9-17H,5-8H2,1-4H3,(H,28,32)(H,29,33);9-17H,5-8H2,1-4H3,(H,27,34)(H,28,35);;;;/q;;;;4*+2/p-8. The van der Waals surface area contributed by atoms with Crippen LogP contribution in [0.4, 0.5) is 5.69 Å². The first-order valence-corrected chi connectivity index (χ1v) is 50.0. The van der Waals surface area contributed by atoms with Gasteiger partial charge in [-0.2, -0.15) is 40.8 Å². The fourth-order valence-electron chi connectivity index (χ4n) is 12.3. The Kier molecular flexibility index (Phi) is 66.6. The molecule has 0 aliphatic rings. The van der Waals surface area contributed by atoms with Gasteiger partial charge in [0.2, 0.25) is 0 Å². The van der Waals surface area contributed by atoms with Crippen molar-refractivity contribution in [1.82, 2.24) is 39.2 Å². The van der Waals surface area contributed by atoms with Gasteiger partial charge in [0.1, 0.15) is 45.7 Å². The van der Waals surface area contributed by atoms with Crippen molar-refractivity contribution in [3.63, 3.8) is 0 Å². The number of ketones is 1. The fraction of sp³-hybridized carbons (Fsp3) is 0.337. The zero-order valence-corrected chi connectivity index (χ0v) is 95.3. The van der Waals surface area contributed by atoms with Crippen LogP contribution in [0.25, 0.3) is 0 Å². The Labute approximate surface area is 936 Å². The summed E-state index contributed by atoms with van der Waals surface area (Å²) in [6.45, 7) is 45.6. The van der Waals surface area contributed by atoms with Crippen LogP contribution in [0, 0.1) is 13.7 Å². The van der Waals surface area contributed by atoms with Gasteiger partial charge < -0.3 is 140 Å². The van der Waals surface area contributed by atoms with Gasteiger partial charge in [-0.25, -0.2) is 0 Å². The van der Waals surface area contributed by atoms with Crippen LogP contribution in [0.1, 0.15) is 173 Å². The maximum Gasteiger partial charge on any atom is 2.00 e. The van der Waals surface area contributed by atoms with Gasteiger partial charge in [-0.1, -0.05) is 186 Å². The van der Waals surface area contributed by atoms with Gasteiger partial charge in [-0.05, 0) is 177 Å². The van der Waals surface area contributed by atoms with Crippen LogP contribution >= 0.6 is 38.5 Å². The average Bonchev–Trinajstić information content (AvgIpc) is 0.833. The van der Waals surface area contributed by atoms with Gasteiger partial charge in [-0.15, -0.1) is 40.8 Å². The van der Waals surface area contributed by atoms with Crippen molar-refractivity contribution in [2.24, 2.45) is 81.6 Å². The van der Waals surface area contributed by atoms with Gasteiger partial charge in [0.25, 0.3) is 5.69 Å². The molecule has 0 saturated carbocycles. The zero-order chi connectivity index (χ0) is 100. The predicted molar refractivity (Wildman–Crippen MR) is 603 cm³/mol. The molecule has 760 valence electrons. The topological polar surface area (TPSA) is 284 Å². The quantitative estimate of drug-likeness (QED) is 0.00508. The van der Waals surface area contributed by atoms with Crippen molar-refractivity contribution in [3.8, 4) is 0 Å². The first-order chi connectivity index (χ1) is 65.6. The minimum atomic E-state index is -0.454. The number of amidine groups is 8. The molecule has 0 aliphatic heterocycles. The second-order valence-corrected chi connectivity index (χ2v) is 33.5. The Morgan fingerprint density at radius 2 is 0.393 bits per heavy atom. The Balaban J connectivity index is 0.000000925. The van der Waals surface area contributed by atoms with E-state index in [2.05, 4.69) is 120 Å². The summed E-state index contributed by atoms with van der Waals surface area (Å²) in [5.74, 6) is -0.0149. The summed E-state index contributed by atoms with van der Waals surface area (Å²) in [5, 5.41) is 85.5. The first-order valence-electron chi connectivity index (χ1n) is 44.8. The molecule has 140 heavy (non-hydrogen) atoms. The molecule has 0 spiro atoms. The summed E-state index contributed by atoms with van der Waals surface area (Å²) in [4.78, 5) is 38.1. The molecule has 8 aromatic carbocycles. The molecule has 0 bridgehead atoms. The molecular weight excluding hydrogens is 2290 g/mol. The van der Waals surface area contributed by atoms with Gasteiger partial charge in [-0.3, -0.25) is 14.9 Å². The molecule has 0 saturated heterocycles. The second kappa shape index (κ2) is 72.3. The largest absolute Gasteiger partial charge is 2.00 e. The fourth-order valence-corrected chi connectivity index (χ4v) is 15.4. The average molecular weight is 2410 g/mol. The maximum absolute atomic E-state index is 11.8. The van der Waals surface area contributed by atoms with E-state index in [1.807, 2.05) is 332 Å². The Hall–Kier alpha value is -9.00. The third-order valence-corrected chi connectivity index (χ3v) is 24.4. The van der Waals surface area contributed by atoms with Crippen molar-refractivity contribution in [2.75, 3.05) is 105 Å². The van der Waals surface area contributed by atoms with Crippen LogP contribution < -0.4 is 0 Å². The van der Waals surface area contributed by atoms with E-state index in [0.29, 0.717) is 124 Å². The third kappa shape index (κ3) is 42.5. The first kappa shape index (κ1) is 129. The minimum Gasteiger partial charge on any atom is -0.741 e. The molecule has 28 nitrogen and oxygen atoms in total. The number of carbonyl (C=O) groups excluding carboxylic acids is 1.